The van der Waals surface area contributed by atoms with Crippen LogP contribution in [0, 0.1) is 5.92 Å². The molecule has 1 heterocycles. The predicted molar refractivity (Wildman–Crippen MR) is 80.2 cm³/mol. The number of carbonyl (C=O) groups is 1. The van der Waals surface area contributed by atoms with E-state index in [9.17, 15) is 9.90 Å². The van der Waals surface area contributed by atoms with E-state index >= 15 is 0 Å². The Morgan fingerprint density at radius 2 is 2.00 bits per heavy atom. The Kier molecular flexibility index (Phi) is 4.02. The van der Waals surface area contributed by atoms with Crippen LogP contribution in [-0.4, -0.2) is 28.4 Å². The van der Waals surface area contributed by atoms with Gasteiger partial charge in [0.25, 0.3) is 0 Å². The van der Waals surface area contributed by atoms with Crippen molar-refractivity contribution in [2.75, 3.05) is 0 Å². The van der Waals surface area contributed by atoms with E-state index in [1.54, 1.807) is 20.8 Å². The van der Waals surface area contributed by atoms with E-state index in [1.165, 1.54) is 0 Å². The van der Waals surface area contributed by atoms with Crippen LogP contribution in [0.5, 0.6) is 5.75 Å². The maximum atomic E-state index is 12.1. The van der Waals surface area contributed by atoms with Crippen LogP contribution in [0.25, 0.3) is 0 Å². The third kappa shape index (κ3) is 3.56. The number of aliphatic hydroxyl groups is 1. The Morgan fingerprint density at radius 1 is 1.38 bits per heavy atom. The summed E-state index contributed by atoms with van der Waals surface area (Å²) in [5, 5.41) is 10.4. The first-order chi connectivity index (χ1) is 9.60. The molecular weight excluding hydrogens is 268 g/mol. The van der Waals surface area contributed by atoms with Gasteiger partial charge in [0.05, 0.1) is 0 Å². The number of para-hydroxylation sites is 1. The Balaban J connectivity index is 2.21. The second-order valence-electron chi connectivity index (χ2n) is 7.10. The van der Waals surface area contributed by atoms with Crippen LogP contribution in [0.4, 0.5) is 0 Å². The van der Waals surface area contributed by atoms with Gasteiger partial charge in [-0.1, -0.05) is 18.2 Å². The number of aliphatic hydroxyl groups excluding tert-OH is 1. The molecule has 4 heteroatoms. The van der Waals surface area contributed by atoms with Gasteiger partial charge >= 0.3 is 5.97 Å². The first-order valence-corrected chi connectivity index (χ1v) is 7.28. The third-order valence-corrected chi connectivity index (χ3v) is 3.71. The first kappa shape index (κ1) is 15.8. The molecule has 0 fully saturated rings. The van der Waals surface area contributed by atoms with Crippen molar-refractivity contribution in [3.63, 3.8) is 0 Å². The van der Waals surface area contributed by atoms with Crippen molar-refractivity contribution < 1.29 is 19.4 Å². The maximum absolute atomic E-state index is 12.1. The van der Waals surface area contributed by atoms with E-state index in [2.05, 4.69) is 0 Å². The molecule has 0 spiro atoms. The molecule has 0 amide bonds. The Morgan fingerprint density at radius 3 is 2.62 bits per heavy atom. The largest absolute Gasteiger partial charge is 0.487 e. The standard InChI is InChI=1S/C17H24O4/c1-16(2,3)21-15(19)14(18)12-10-11-8-6-7-9-13(11)20-17(12,4)5/h6-9,12,14,18H,10H2,1-5H3/t12?,14-/m0/s1. The van der Waals surface area contributed by atoms with Gasteiger partial charge in [-0.15, -0.1) is 0 Å². The zero-order valence-electron chi connectivity index (χ0n) is 13.3. The summed E-state index contributed by atoms with van der Waals surface area (Å²) in [6, 6.07) is 7.71. The van der Waals surface area contributed by atoms with E-state index in [4.69, 9.17) is 9.47 Å². The number of hydrogen-bond acceptors (Lipinski definition) is 4. The third-order valence-electron chi connectivity index (χ3n) is 3.71. The topological polar surface area (TPSA) is 55.8 Å². The predicted octanol–water partition coefficient (Wildman–Crippen LogP) is 2.72. The molecule has 1 N–H and O–H groups in total. The lowest BCUT2D eigenvalue weighted by molar-refractivity contribution is -0.173. The molecule has 1 aromatic rings. The van der Waals surface area contributed by atoms with Crippen LogP contribution in [0.1, 0.15) is 40.2 Å². The van der Waals surface area contributed by atoms with Crippen molar-refractivity contribution in [1.82, 2.24) is 0 Å². The van der Waals surface area contributed by atoms with E-state index in [0.717, 1.165) is 11.3 Å². The molecule has 0 saturated carbocycles. The second kappa shape index (κ2) is 5.34. The van der Waals surface area contributed by atoms with Crippen molar-refractivity contribution in [3.05, 3.63) is 29.8 Å². The van der Waals surface area contributed by atoms with Crippen molar-refractivity contribution in [3.8, 4) is 5.75 Å². The number of ether oxygens (including phenoxy) is 2. The second-order valence-corrected chi connectivity index (χ2v) is 7.10. The van der Waals surface area contributed by atoms with Gasteiger partial charge in [-0.3, -0.25) is 0 Å². The van der Waals surface area contributed by atoms with Crippen molar-refractivity contribution in [2.45, 2.75) is 58.3 Å². The van der Waals surface area contributed by atoms with E-state index < -0.39 is 23.3 Å². The smallest absolute Gasteiger partial charge is 0.335 e. The fraction of sp³-hybridized carbons (Fsp3) is 0.588. The molecule has 0 radical (unpaired) electrons. The Bertz CT molecular complexity index is 528. The number of benzene rings is 1. The minimum atomic E-state index is -1.20. The lowest BCUT2D eigenvalue weighted by Crippen LogP contribution is -2.51. The SMILES string of the molecule is CC(C)(C)OC(=O)[C@@H](O)C1Cc2ccccc2OC1(C)C. The number of esters is 1. The quantitative estimate of drug-likeness (QED) is 0.852. The molecule has 1 unspecified atom stereocenters. The highest BCUT2D eigenvalue weighted by atomic mass is 16.6. The van der Waals surface area contributed by atoms with Gasteiger partial charge < -0.3 is 14.6 Å². The number of carbonyl (C=O) groups excluding carboxylic acids is 1. The molecule has 0 bridgehead atoms. The van der Waals surface area contributed by atoms with Crippen LogP contribution in [0.3, 0.4) is 0 Å². The first-order valence-electron chi connectivity index (χ1n) is 7.28. The summed E-state index contributed by atoms with van der Waals surface area (Å²) in [6.07, 6.45) is -0.614. The molecule has 1 aromatic carbocycles. The van der Waals surface area contributed by atoms with Crippen LogP contribution in [-0.2, 0) is 16.0 Å². The molecule has 2 rings (SSSR count). The average molecular weight is 292 g/mol. The molecule has 1 aliphatic heterocycles. The molecule has 1 aliphatic rings. The minimum absolute atomic E-state index is 0.345. The van der Waals surface area contributed by atoms with Crippen molar-refractivity contribution in [1.29, 1.82) is 0 Å². The zero-order chi connectivity index (χ0) is 15.8. The van der Waals surface area contributed by atoms with E-state index in [-0.39, 0.29) is 5.92 Å². The van der Waals surface area contributed by atoms with Crippen LogP contribution < -0.4 is 4.74 Å². The molecule has 116 valence electrons. The van der Waals surface area contributed by atoms with Gasteiger partial charge in [-0.25, -0.2) is 4.79 Å². The van der Waals surface area contributed by atoms with Crippen LogP contribution >= 0.6 is 0 Å². The van der Waals surface area contributed by atoms with Gasteiger partial charge in [0.15, 0.2) is 6.10 Å². The van der Waals surface area contributed by atoms with Gasteiger partial charge in [-0.2, -0.15) is 0 Å². The summed E-state index contributed by atoms with van der Waals surface area (Å²) in [7, 11) is 0. The normalized spacial score (nSPS) is 21.9. The summed E-state index contributed by atoms with van der Waals surface area (Å²) in [5.74, 6) is -0.124. The van der Waals surface area contributed by atoms with Gasteiger partial charge in [0.1, 0.15) is 17.0 Å². The summed E-state index contributed by atoms with van der Waals surface area (Å²) >= 11 is 0. The van der Waals surface area contributed by atoms with Crippen molar-refractivity contribution >= 4 is 5.97 Å². The number of fused-ring (bicyclic) bond motifs is 1. The van der Waals surface area contributed by atoms with Gasteiger partial charge in [-0.05, 0) is 52.7 Å². The van der Waals surface area contributed by atoms with Crippen molar-refractivity contribution in [2.24, 2.45) is 5.92 Å². The molecule has 0 aliphatic carbocycles. The van der Waals surface area contributed by atoms with E-state index in [1.807, 2.05) is 38.1 Å². The Hall–Kier alpha value is -1.55. The highest BCUT2D eigenvalue weighted by Crippen LogP contribution is 2.38. The molecule has 0 saturated heterocycles. The lowest BCUT2D eigenvalue weighted by atomic mass is 9.79. The zero-order valence-corrected chi connectivity index (χ0v) is 13.3. The summed E-state index contributed by atoms with van der Waals surface area (Å²) in [6.45, 7) is 9.14. The molecule has 21 heavy (non-hydrogen) atoms. The number of hydrogen-bond donors (Lipinski definition) is 1. The van der Waals surface area contributed by atoms with E-state index in [0.29, 0.717) is 6.42 Å². The summed E-state index contributed by atoms with van der Waals surface area (Å²) in [4.78, 5) is 12.1. The monoisotopic (exact) mass is 292 g/mol. The summed E-state index contributed by atoms with van der Waals surface area (Å²) < 4.78 is 11.3. The van der Waals surface area contributed by atoms with Crippen LogP contribution in [0.2, 0.25) is 0 Å². The number of rotatable bonds is 2. The lowest BCUT2D eigenvalue weighted by Gasteiger charge is -2.41. The molecular formula is C17H24O4. The van der Waals surface area contributed by atoms with Crippen LogP contribution in [0.15, 0.2) is 24.3 Å². The maximum Gasteiger partial charge on any atom is 0.335 e. The summed E-state index contributed by atoms with van der Waals surface area (Å²) in [5.41, 5.74) is -0.246. The van der Waals surface area contributed by atoms with Gasteiger partial charge in [0.2, 0.25) is 0 Å². The Labute approximate surface area is 126 Å². The molecule has 4 nitrogen and oxygen atoms in total. The van der Waals surface area contributed by atoms with Gasteiger partial charge in [0, 0.05) is 5.92 Å². The minimum Gasteiger partial charge on any atom is -0.487 e. The molecule has 2 atom stereocenters. The fourth-order valence-corrected chi connectivity index (χ4v) is 2.63. The highest BCUT2D eigenvalue weighted by Gasteiger charge is 2.44. The highest BCUT2D eigenvalue weighted by molar-refractivity contribution is 5.75. The molecule has 0 aromatic heterocycles. The average Bonchev–Trinajstić information content (AvgIpc) is 2.34. The fourth-order valence-electron chi connectivity index (χ4n) is 2.63.